The maximum absolute atomic E-state index is 12.3. The van der Waals surface area contributed by atoms with Crippen molar-refractivity contribution >= 4 is 5.91 Å². The van der Waals surface area contributed by atoms with E-state index in [9.17, 15) is 4.79 Å². The number of rotatable bonds is 8. The van der Waals surface area contributed by atoms with E-state index in [4.69, 9.17) is 4.74 Å². The first-order chi connectivity index (χ1) is 9.17. The maximum Gasteiger partial charge on any atom is 0.222 e. The summed E-state index contributed by atoms with van der Waals surface area (Å²) in [6.45, 7) is 8.14. The van der Waals surface area contributed by atoms with Crippen LogP contribution in [0.2, 0.25) is 0 Å². The molecule has 0 spiro atoms. The monoisotopic (exact) mass is 270 g/mol. The highest BCUT2D eigenvalue weighted by Crippen LogP contribution is 2.14. The Balaban J connectivity index is 2.38. The van der Waals surface area contributed by atoms with E-state index in [0.717, 1.165) is 39.0 Å². The molecule has 1 N–H and O–H groups in total. The molecule has 0 saturated carbocycles. The average molecular weight is 270 g/mol. The summed E-state index contributed by atoms with van der Waals surface area (Å²) in [4.78, 5) is 14.3. The van der Waals surface area contributed by atoms with Crippen molar-refractivity contribution in [2.45, 2.75) is 52.1 Å². The van der Waals surface area contributed by atoms with Crippen molar-refractivity contribution < 1.29 is 9.53 Å². The minimum absolute atomic E-state index is 0.170. The molecule has 112 valence electrons. The highest BCUT2D eigenvalue weighted by molar-refractivity contribution is 5.76. The van der Waals surface area contributed by atoms with Crippen molar-refractivity contribution in [1.29, 1.82) is 0 Å². The molecule has 4 heteroatoms. The molecule has 1 saturated heterocycles. The summed E-state index contributed by atoms with van der Waals surface area (Å²) in [5, 5.41) is 3.42. The van der Waals surface area contributed by atoms with Crippen molar-refractivity contribution in [3.8, 4) is 0 Å². The van der Waals surface area contributed by atoms with Crippen LogP contribution in [0.15, 0.2) is 0 Å². The molecule has 1 aliphatic rings. The summed E-state index contributed by atoms with van der Waals surface area (Å²) >= 11 is 0. The van der Waals surface area contributed by atoms with Crippen LogP contribution in [-0.2, 0) is 9.53 Å². The number of piperidine rings is 1. The average Bonchev–Trinajstić information content (AvgIpc) is 2.45. The van der Waals surface area contributed by atoms with Crippen LogP contribution in [-0.4, -0.2) is 50.2 Å². The summed E-state index contributed by atoms with van der Waals surface area (Å²) in [5.74, 6) is 0.917. The van der Waals surface area contributed by atoms with E-state index >= 15 is 0 Å². The Kier molecular flexibility index (Phi) is 8.07. The Labute approximate surface area is 117 Å². The lowest BCUT2D eigenvalue weighted by molar-refractivity contribution is -0.132. The van der Waals surface area contributed by atoms with Crippen molar-refractivity contribution in [3.05, 3.63) is 0 Å². The van der Waals surface area contributed by atoms with Gasteiger partial charge in [-0.25, -0.2) is 0 Å². The van der Waals surface area contributed by atoms with E-state index in [2.05, 4.69) is 17.1 Å². The number of amides is 1. The molecule has 1 heterocycles. The van der Waals surface area contributed by atoms with Gasteiger partial charge in [-0.15, -0.1) is 0 Å². The summed E-state index contributed by atoms with van der Waals surface area (Å²) in [6, 6.07) is 0. The Morgan fingerprint density at radius 2 is 2.32 bits per heavy atom. The quantitative estimate of drug-likeness (QED) is 0.734. The molecule has 0 aliphatic carbocycles. The van der Waals surface area contributed by atoms with Crippen LogP contribution in [0.25, 0.3) is 0 Å². The molecule has 0 bridgehead atoms. The lowest BCUT2D eigenvalue weighted by Gasteiger charge is -2.30. The van der Waals surface area contributed by atoms with Gasteiger partial charge in [-0.05, 0) is 51.6 Å². The third-order valence-corrected chi connectivity index (χ3v) is 3.89. The molecule has 1 aliphatic heterocycles. The van der Waals surface area contributed by atoms with Crippen molar-refractivity contribution in [2.24, 2.45) is 5.92 Å². The van der Waals surface area contributed by atoms with Gasteiger partial charge in [-0.1, -0.05) is 6.92 Å². The highest BCUT2D eigenvalue weighted by Gasteiger charge is 2.20. The van der Waals surface area contributed by atoms with Gasteiger partial charge in [-0.3, -0.25) is 4.79 Å². The second-order valence-corrected chi connectivity index (χ2v) is 5.64. The van der Waals surface area contributed by atoms with Crippen LogP contribution >= 0.6 is 0 Å². The Morgan fingerprint density at radius 3 is 2.89 bits per heavy atom. The number of nitrogens with zero attached hydrogens (tertiary/aromatic N) is 1. The first kappa shape index (κ1) is 16.4. The zero-order valence-electron chi connectivity index (χ0n) is 12.8. The van der Waals surface area contributed by atoms with Crippen molar-refractivity contribution in [2.75, 3.05) is 33.3 Å². The molecule has 1 rings (SSSR count). The Hall–Kier alpha value is -0.610. The van der Waals surface area contributed by atoms with Gasteiger partial charge in [-0.2, -0.15) is 0 Å². The second-order valence-electron chi connectivity index (χ2n) is 5.64. The van der Waals surface area contributed by atoms with Gasteiger partial charge in [0.25, 0.3) is 0 Å². The van der Waals surface area contributed by atoms with Crippen LogP contribution < -0.4 is 5.32 Å². The minimum atomic E-state index is 0.170. The van der Waals surface area contributed by atoms with Crippen LogP contribution in [0.5, 0.6) is 0 Å². The fraction of sp³-hybridized carbons (Fsp3) is 0.933. The van der Waals surface area contributed by atoms with E-state index in [1.54, 1.807) is 7.11 Å². The first-order valence-corrected chi connectivity index (χ1v) is 7.68. The zero-order valence-corrected chi connectivity index (χ0v) is 12.8. The normalized spacial score (nSPS) is 21.1. The molecule has 19 heavy (non-hydrogen) atoms. The molecule has 0 aromatic heterocycles. The largest absolute Gasteiger partial charge is 0.382 e. The number of methoxy groups -OCH3 is 1. The van der Waals surface area contributed by atoms with Crippen LogP contribution in [0, 0.1) is 5.92 Å². The summed E-state index contributed by atoms with van der Waals surface area (Å²) in [7, 11) is 1.70. The lowest BCUT2D eigenvalue weighted by atomic mass is 9.98. The summed E-state index contributed by atoms with van der Waals surface area (Å²) in [5.41, 5.74) is 0. The predicted molar refractivity (Wildman–Crippen MR) is 78.2 cm³/mol. The number of nitrogens with one attached hydrogen (secondary N) is 1. The molecule has 2 atom stereocenters. The number of carbonyl (C=O) groups excluding carboxylic acids is 1. The van der Waals surface area contributed by atoms with Crippen LogP contribution in [0.4, 0.5) is 0 Å². The fourth-order valence-electron chi connectivity index (χ4n) is 2.58. The molecule has 4 nitrogen and oxygen atoms in total. The number of hydrogen-bond donors (Lipinski definition) is 1. The van der Waals surface area contributed by atoms with Crippen molar-refractivity contribution in [3.63, 3.8) is 0 Å². The smallest absolute Gasteiger partial charge is 0.222 e. The van der Waals surface area contributed by atoms with Gasteiger partial charge in [0.05, 0.1) is 6.10 Å². The molecule has 0 aromatic carbocycles. The molecule has 0 aromatic rings. The van der Waals surface area contributed by atoms with E-state index in [1.165, 1.54) is 12.8 Å². The van der Waals surface area contributed by atoms with Gasteiger partial charge in [0.2, 0.25) is 5.91 Å². The van der Waals surface area contributed by atoms with Crippen molar-refractivity contribution in [1.82, 2.24) is 10.2 Å². The first-order valence-electron chi connectivity index (χ1n) is 7.68. The lowest BCUT2D eigenvalue weighted by Crippen LogP contribution is -2.41. The number of carbonyl (C=O) groups is 1. The molecule has 0 radical (unpaired) electrons. The maximum atomic E-state index is 12.3. The van der Waals surface area contributed by atoms with E-state index in [-0.39, 0.29) is 12.0 Å². The third-order valence-electron chi connectivity index (χ3n) is 3.89. The summed E-state index contributed by atoms with van der Waals surface area (Å²) < 4.78 is 5.21. The number of ether oxygens (including phenoxy) is 1. The molecule has 1 fully saturated rings. The number of hydrogen-bond acceptors (Lipinski definition) is 3. The van der Waals surface area contributed by atoms with Gasteiger partial charge in [0.1, 0.15) is 0 Å². The molecule has 2 unspecified atom stereocenters. The fourth-order valence-corrected chi connectivity index (χ4v) is 2.58. The predicted octanol–water partition coefficient (Wildman–Crippen LogP) is 2.04. The van der Waals surface area contributed by atoms with Gasteiger partial charge in [0, 0.05) is 26.6 Å². The van der Waals surface area contributed by atoms with Crippen LogP contribution in [0.1, 0.15) is 46.0 Å². The second kappa shape index (κ2) is 9.32. The van der Waals surface area contributed by atoms with E-state index < -0.39 is 0 Å². The van der Waals surface area contributed by atoms with Crippen LogP contribution in [0.3, 0.4) is 0 Å². The Morgan fingerprint density at radius 1 is 1.53 bits per heavy atom. The summed E-state index contributed by atoms with van der Waals surface area (Å²) in [6.07, 6.45) is 5.11. The Bertz CT molecular complexity index is 253. The topological polar surface area (TPSA) is 41.6 Å². The SMILES string of the molecule is CCCN(CC1CCCNC1)C(=O)CCC(C)OC. The van der Waals surface area contributed by atoms with E-state index in [0.29, 0.717) is 12.3 Å². The van der Waals surface area contributed by atoms with Gasteiger partial charge < -0.3 is 15.0 Å². The molecular weight excluding hydrogens is 240 g/mol. The highest BCUT2D eigenvalue weighted by atomic mass is 16.5. The molecule has 1 amide bonds. The third kappa shape index (κ3) is 6.39. The van der Waals surface area contributed by atoms with E-state index in [1.807, 2.05) is 6.92 Å². The van der Waals surface area contributed by atoms with Gasteiger partial charge >= 0.3 is 0 Å². The van der Waals surface area contributed by atoms with Gasteiger partial charge in [0.15, 0.2) is 0 Å². The standard InChI is InChI=1S/C15H30N2O2/c1-4-10-17(12-14-6-5-9-16-11-14)15(18)8-7-13(2)19-3/h13-14,16H,4-12H2,1-3H3. The minimum Gasteiger partial charge on any atom is -0.382 e. The molecular formula is C15H30N2O2. The zero-order chi connectivity index (χ0) is 14.1.